The normalized spacial score (nSPS) is 14.5. The Morgan fingerprint density at radius 1 is 0.795 bits per heavy atom. The molecule has 1 heterocycles. The van der Waals surface area contributed by atoms with Gasteiger partial charge in [0.25, 0.3) is 0 Å². The van der Waals surface area contributed by atoms with Gasteiger partial charge in [-0.15, -0.1) is 0 Å². The number of nitrogens with two attached hydrogens (primary N) is 1. The van der Waals surface area contributed by atoms with Gasteiger partial charge in [0.1, 0.15) is 24.2 Å². The Bertz CT molecular complexity index is 1390. The van der Waals surface area contributed by atoms with Crippen LogP contribution in [0.1, 0.15) is 45.6 Å². The minimum atomic E-state index is -1.46. The molecule has 4 amide bonds. The van der Waals surface area contributed by atoms with Crippen LogP contribution in [0.3, 0.4) is 0 Å². The molecule has 0 fully saturated rings. The monoisotopic (exact) mass is 618 g/mol. The number of H-pyrrole nitrogens is 1. The summed E-state index contributed by atoms with van der Waals surface area (Å²) in [6.45, 7) is 4.43. The van der Waals surface area contributed by atoms with Gasteiger partial charge in [-0.3, -0.25) is 28.8 Å². The number of carboxylic acid groups (broad SMARTS) is 3. The second-order valence-corrected chi connectivity index (χ2v) is 10.6. The van der Waals surface area contributed by atoms with E-state index in [-0.39, 0.29) is 12.8 Å². The van der Waals surface area contributed by atoms with Crippen LogP contribution in [0, 0.1) is 5.92 Å². The lowest BCUT2D eigenvalue weighted by Gasteiger charge is -2.27. The Balaban J connectivity index is 2.11. The van der Waals surface area contributed by atoms with Gasteiger partial charge < -0.3 is 47.3 Å². The molecule has 5 atom stereocenters. The van der Waals surface area contributed by atoms with Crippen molar-refractivity contribution in [3.8, 4) is 0 Å². The van der Waals surface area contributed by atoms with Crippen molar-refractivity contribution in [2.45, 2.75) is 76.7 Å². The molecule has 1 aromatic carbocycles. The number of aliphatic carboxylic acids is 3. The molecule has 0 saturated carbocycles. The Morgan fingerprint density at radius 2 is 1.43 bits per heavy atom. The van der Waals surface area contributed by atoms with Gasteiger partial charge in [0, 0.05) is 29.9 Å². The van der Waals surface area contributed by atoms with Crippen LogP contribution in [0.25, 0.3) is 10.9 Å². The molecule has 0 aliphatic heterocycles. The van der Waals surface area contributed by atoms with E-state index in [4.69, 9.17) is 15.9 Å². The summed E-state index contributed by atoms with van der Waals surface area (Å²) in [7, 11) is 0. The molecule has 0 bridgehead atoms. The highest BCUT2D eigenvalue weighted by Crippen LogP contribution is 2.19. The Morgan fingerprint density at radius 3 is 2.02 bits per heavy atom. The first-order valence-electron chi connectivity index (χ1n) is 13.8. The molecule has 2 aromatic rings. The number of hydrogen-bond donors (Lipinski definition) is 9. The number of fused-ring (bicyclic) bond motifs is 1. The number of hydrogen-bond acceptors (Lipinski definition) is 8. The first-order chi connectivity index (χ1) is 20.6. The molecule has 1 aromatic heterocycles. The summed E-state index contributed by atoms with van der Waals surface area (Å²) in [6.07, 6.45) is -0.0159. The molecule has 0 spiro atoms. The van der Waals surface area contributed by atoms with Crippen molar-refractivity contribution in [3.05, 3.63) is 36.0 Å². The smallest absolute Gasteiger partial charge is 0.326 e. The summed E-state index contributed by atoms with van der Waals surface area (Å²) in [6, 6.07) is 0.426. The first-order valence-corrected chi connectivity index (χ1v) is 13.8. The van der Waals surface area contributed by atoms with E-state index in [0.717, 1.165) is 10.9 Å². The van der Waals surface area contributed by atoms with Crippen LogP contribution in [0.5, 0.6) is 0 Å². The summed E-state index contributed by atoms with van der Waals surface area (Å²) in [4.78, 5) is 88.4. The van der Waals surface area contributed by atoms with Gasteiger partial charge in [-0.25, -0.2) is 4.79 Å². The molecule has 0 saturated heterocycles. The third-order valence-electron chi connectivity index (χ3n) is 6.72. The number of para-hydroxylation sites is 1. The lowest BCUT2D eigenvalue weighted by atomic mass is 10.0. The van der Waals surface area contributed by atoms with Crippen LogP contribution < -0.4 is 27.0 Å². The van der Waals surface area contributed by atoms with Crippen LogP contribution >= 0.6 is 0 Å². The predicted octanol–water partition coefficient (Wildman–Crippen LogP) is -0.923. The number of aromatic nitrogens is 1. The van der Waals surface area contributed by atoms with Crippen LogP contribution in [0.4, 0.5) is 0 Å². The van der Waals surface area contributed by atoms with Gasteiger partial charge in [-0.1, -0.05) is 32.0 Å². The van der Waals surface area contributed by atoms with Crippen LogP contribution in [0.15, 0.2) is 30.5 Å². The summed E-state index contributed by atoms with van der Waals surface area (Å²) in [5, 5.41) is 38.0. The van der Waals surface area contributed by atoms with E-state index in [1.165, 1.54) is 6.92 Å². The van der Waals surface area contributed by atoms with Crippen molar-refractivity contribution in [1.29, 1.82) is 0 Å². The number of rotatable bonds is 17. The third kappa shape index (κ3) is 10.4. The molecule has 0 aliphatic carbocycles. The quantitative estimate of drug-likeness (QED) is 0.105. The molecule has 0 radical (unpaired) electrons. The molecule has 10 N–H and O–H groups in total. The lowest BCUT2D eigenvalue weighted by Crippen LogP contribution is -2.59. The second-order valence-electron chi connectivity index (χ2n) is 10.6. The molecular weight excluding hydrogens is 580 g/mol. The van der Waals surface area contributed by atoms with Crippen molar-refractivity contribution in [3.63, 3.8) is 0 Å². The maximum atomic E-state index is 13.1. The van der Waals surface area contributed by atoms with E-state index < -0.39 is 90.5 Å². The summed E-state index contributed by atoms with van der Waals surface area (Å²) >= 11 is 0. The van der Waals surface area contributed by atoms with Crippen molar-refractivity contribution in [2.75, 3.05) is 0 Å². The number of benzene rings is 1. The van der Waals surface area contributed by atoms with E-state index in [9.17, 15) is 38.7 Å². The highest BCUT2D eigenvalue weighted by molar-refractivity contribution is 5.96. The fourth-order valence-electron chi connectivity index (χ4n) is 4.27. The number of aromatic amines is 1. The van der Waals surface area contributed by atoms with Gasteiger partial charge >= 0.3 is 17.9 Å². The minimum absolute atomic E-state index is 0.0541. The SMILES string of the molecule is CC(C)[C@H](NC(=O)[C@@H](N)CC(=O)O)C(=O)N[C@@H](CCC(=O)O)C(=O)N[C@@H](C)C(=O)N[C@@H](Cc1c[nH]c2ccccc12)C(=O)O. The maximum Gasteiger partial charge on any atom is 0.326 e. The van der Waals surface area contributed by atoms with E-state index in [1.807, 2.05) is 12.1 Å². The van der Waals surface area contributed by atoms with Crippen LogP contribution in [-0.4, -0.2) is 92.0 Å². The van der Waals surface area contributed by atoms with E-state index >= 15 is 0 Å². The average molecular weight is 619 g/mol. The Kier molecular flexibility index (Phi) is 12.8. The van der Waals surface area contributed by atoms with E-state index in [2.05, 4.69) is 26.3 Å². The predicted molar refractivity (Wildman–Crippen MR) is 155 cm³/mol. The fraction of sp³-hybridized carbons (Fsp3) is 0.464. The molecular formula is C28H38N6O10. The van der Waals surface area contributed by atoms with Crippen LogP contribution in [-0.2, 0) is 40.0 Å². The van der Waals surface area contributed by atoms with Crippen molar-refractivity contribution in [1.82, 2.24) is 26.3 Å². The minimum Gasteiger partial charge on any atom is -0.481 e. The molecule has 16 nitrogen and oxygen atoms in total. The van der Waals surface area contributed by atoms with Gasteiger partial charge in [0.05, 0.1) is 12.5 Å². The molecule has 44 heavy (non-hydrogen) atoms. The standard InChI is InChI=1S/C28H38N6O10/c1-13(2)23(34-25(40)17(29)11-22(37)38)27(42)32-19(8-9-21(35)36)26(41)31-14(3)24(39)33-20(28(43)44)10-15-12-30-18-7-5-4-6-16(15)18/h4-7,12-14,17,19-20,23,30H,8-11,29H2,1-3H3,(H,31,41)(H,32,42)(H,33,39)(H,34,40)(H,35,36)(H,37,38)(H,43,44)/t14-,17-,19-,20-,23-/m0/s1. The van der Waals surface area contributed by atoms with Gasteiger partial charge in [0.2, 0.25) is 23.6 Å². The van der Waals surface area contributed by atoms with E-state index in [0.29, 0.717) is 5.56 Å². The fourth-order valence-corrected chi connectivity index (χ4v) is 4.27. The van der Waals surface area contributed by atoms with E-state index in [1.54, 1.807) is 32.2 Å². The largest absolute Gasteiger partial charge is 0.481 e. The molecule has 240 valence electrons. The van der Waals surface area contributed by atoms with Gasteiger partial charge in [-0.05, 0) is 30.9 Å². The maximum absolute atomic E-state index is 13.1. The molecule has 16 heteroatoms. The summed E-state index contributed by atoms with van der Waals surface area (Å²) < 4.78 is 0. The number of nitrogens with one attached hydrogen (secondary N) is 5. The molecule has 2 rings (SSSR count). The Labute approximate surface area is 252 Å². The van der Waals surface area contributed by atoms with Crippen molar-refractivity contribution >= 4 is 52.4 Å². The number of carbonyl (C=O) groups excluding carboxylic acids is 4. The summed E-state index contributed by atoms with van der Waals surface area (Å²) in [5.74, 6) is -8.00. The number of carboxylic acids is 3. The second kappa shape index (κ2) is 16.0. The highest BCUT2D eigenvalue weighted by Gasteiger charge is 2.32. The zero-order valence-corrected chi connectivity index (χ0v) is 24.5. The number of amides is 4. The highest BCUT2D eigenvalue weighted by atomic mass is 16.4. The molecule has 0 unspecified atom stereocenters. The van der Waals surface area contributed by atoms with Gasteiger partial charge in [0.15, 0.2) is 0 Å². The zero-order valence-electron chi connectivity index (χ0n) is 24.5. The zero-order chi connectivity index (χ0) is 33.1. The van der Waals surface area contributed by atoms with Crippen LogP contribution in [0.2, 0.25) is 0 Å². The van der Waals surface area contributed by atoms with Crippen molar-refractivity contribution < 1.29 is 48.9 Å². The topological polar surface area (TPSA) is 270 Å². The molecule has 0 aliphatic rings. The van der Waals surface area contributed by atoms with Crippen molar-refractivity contribution in [2.24, 2.45) is 11.7 Å². The average Bonchev–Trinajstić information content (AvgIpc) is 3.34. The lowest BCUT2D eigenvalue weighted by molar-refractivity contribution is -0.142. The van der Waals surface area contributed by atoms with Gasteiger partial charge in [-0.2, -0.15) is 0 Å². The Hall–Kier alpha value is -4.99. The summed E-state index contributed by atoms with van der Waals surface area (Å²) in [5.41, 5.74) is 7.00. The first kappa shape index (κ1) is 35.2. The number of carbonyl (C=O) groups is 7. The third-order valence-corrected chi connectivity index (χ3v) is 6.72.